The highest BCUT2D eigenvalue weighted by Crippen LogP contribution is 2.27. The van der Waals surface area contributed by atoms with Crippen molar-refractivity contribution in [2.75, 3.05) is 39.3 Å². The van der Waals surface area contributed by atoms with Gasteiger partial charge in [-0.25, -0.2) is 0 Å². The maximum Gasteiger partial charge on any atom is 0.293 e. The Balaban J connectivity index is 1.93. The Labute approximate surface area is 151 Å². The standard InChI is InChI=1S/C18H21N3O5/c1-20(2)16-8-7-13(11-17(16)21(23)24)18(22)19-9-10-26-15-6-4-5-14(12-15)25-3/h4-8,11-12H,9-10H2,1-3H3,(H,19,22). The Morgan fingerprint density at radius 2 is 1.92 bits per heavy atom. The number of nitrogens with one attached hydrogen (secondary N) is 1. The van der Waals surface area contributed by atoms with E-state index in [1.807, 2.05) is 0 Å². The van der Waals surface area contributed by atoms with E-state index < -0.39 is 10.8 Å². The highest BCUT2D eigenvalue weighted by Gasteiger charge is 2.18. The third-order valence-electron chi connectivity index (χ3n) is 3.61. The number of carbonyl (C=O) groups excluding carboxylic acids is 1. The van der Waals surface area contributed by atoms with E-state index in [1.54, 1.807) is 62.5 Å². The van der Waals surface area contributed by atoms with Crippen molar-refractivity contribution in [3.05, 3.63) is 58.1 Å². The lowest BCUT2D eigenvalue weighted by Gasteiger charge is -2.13. The van der Waals surface area contributed by atoms with Gasteiger partial charge in [-0.2, -0.15) is 0 Å². The molecule has 0 spiro atoms. The maximum atomic E-state index is 12.2. The van der Waals surface area contributed by atoms with Crippen molar-refractivity contribution in [1.82, 2.24) is 5.32 Å². The largest absolute Gasteiger partial charge is 0.497 e. The lowest BCUT2D eigenvalue weighted by Crippen LogP contribution is -2.28. The molecule has 2 aromatic rings. The smallest absolute Gasteiger partial charge is 0.293 e. The number of ether oxygens (including phenoxy) is 2. The van der Waals surface area contributed by atoms with Crippen LogP contribution in [-0.2, 0) is 0 Å². The first-order chi connectivity index (χ1) is 12.4. The molecular formula is C18H21N3O5. The van der Waals surface area contributed by atoms with Gasteiger partial charge in [0.25, 0.3) is 11.6 Å². The van der Waals surface area contributed by atoms with Crippen molar-refractivity contribution in [2.45, 2.75) is 0 Å². The summed E-state index contributed by atoms with van der Waals surface area (Å²) < 4.78 is 10.6. The zero-order valence-corrected chi connectivity index (χ0v) is 14.9. The van der Waals surface area contributed by atoms with Crippen LogP contribution in [0.25, 0.3) is 0 Å². The van der Waals surface area contributed by atoms with Gasteiger partial charge in [0.05, 0.1) is 18.6 Å². The Bertz CT molecular complexity index is 792. The van der Waals surface area contributed by atoms with Gasteiger partial charge in [-0.15, -0.1) is 0 Å². The number of methoxy groups -OCH3 is 1. The Kier molecular flexibility index (Phi) is 6.37. The molecule has 1 N–H and O–H groups in total. The summed E-state index contributed by atoms with van der Waals surface area (Å²) in [6.45, 7) is 0.524. The fraction of sp³-hybridized carbons (Fsp3) is 0.278. The van der Waals surface area contributed by atoms with E-state index in [2.05, 4.69) is 5.32 Å². The molecule has 0 heterocycles. The molecule has 0 saturated carbocycles. The topological polar surface area (TPSA) is 93.9 Å². The lowest BCUT2D eigenvalue weighted by atomic mass is 10.1. The molecule has 0 saturated heterocycles. The van der Waals surface area contributed by atoms with Crippen LogP contribution < -0.4 is 19.7 Å². The molecule has 8 nitrogen and oxygen atoms in total. The minimum absolute atomic E-state index is 0.115. The molecule has 0 bridgehead atoms. The summed E-state index contributed by atoms with van der Waals surface area (Å²) in [5.41, 5.74) is 0.548. The SMILES string of the molecule is COc1cccc(OCCNC(=O)c2ccc(N(C)C)c([N+](=O)[O-])c2)c1. The number of rotatable bonds is 8. The van der Waals surface area contributed by atoms with Crippen LogP contribution in [0.1, 0.15) is 10.4 Å². The van der Waals surface area contributed by atoms with Crippen molar-refractivity contribution in [3.63, 3.8) is 0 Å². The number of benzene rings is 2. The van der Waals surface area contributed by atoms with Crippen LogP contribution in [0.5, 0.6) is 11.5 Å². The van der Waals surface area contributed by atoms with Gasteiger partial charge in [0, 0.05) is 31.8 Å². The van der Waals surface area contributed by atoms with Crippen LogP contribution in [0, 0.1) is 10.1 Å². The number of hydrogen-bond donors (Lipinski definition) is 1. The van der Waals surface area contributed by atoms with Gasteiger partial charge >= 0.3 is 0 Å². The van der Waals surface area contributed by atoms with Crippen LogP contribution in [-0.4, -0.2) is 45.2 Å². The zero-order chi connectivity index (χ0) is 19.1. The molecule has 26 heavy (non-hydrogen) atoms. The van der Waals surface area contributed by atoms with Crippen LogP contribution in [0.15, 0.2) is 42.5 Å². The van der Waals surface area contributed by atoms with Crippen molar-refractivity contribution in [2.24, 2.45) is 0 Å². The molecule has 0 radical (unpaired) electrons. The normalized spacial score (nSPS) is 10.1. The number of carbonyl (C=O) groups is 1. The van der Waals surface area contributed by atoms with Gasteiger partial charge in [-0.05, 0) is 24.3 Å². The zero-order valence-electron chi connectivity index (χ0n) is 14.9. The van der Waals surface area contributed by atoms with Gasteiger partial charge in [-0.3, -0.25) is 14.9 Å². The molecule has 138 valence electrons. The second-order valence-corrected chi connectivity index (χ2v) is 5.64. The average molecular weight is 359 g/mol. The van der Waals surface area contributed by atoms with E-state index in [-0.39, 0.29) is 24.4 Å². The van der Waals surface area contributed by atoms with Gasteiger partial charge < -0.3 is 19.7 Å². The second-order valence-electron chi connectivity index (χ2n) is 5.64. The van der Waals surface area contributed by atoms with Crippen LogP contribution in [0.2, 0.25) is 0 Å². The number of nitro benzene ring substituents is 1. The summed E-state index contributed by atoms with van der Waals surface area (Å²) in [5.74, 6) is 0.914. The highest BCUT2D eigenvalue weighted by molar-refractivity contribution is 5.95. The minimum atomic E-state index is -0.502. The van der Waals surface area contributed by atoms with E-state index in [4.69, 9.17) is 9.47 Å². The van der Waals surface area contributed by atoms with Crippen molar-refractivity contribution >= 4 is 17.3 Å². The first-order valence-electron chi connectivity index (χ1n) is 7.93. The quantitative estimate of drug-likeness (QED) is 0.442. The summed E-state index contributed by atoms with van der Waals surface area (Å²) in [5, 5.41) is 13.9. The van der Waals surface area contributed by atoms with E-state index in [9.17, 15) is 14.9 Å². The first kappa shape index (κ1) is 19.0. The Hall–Kier alpha value is -3.29. The first-order valence-corrected chi connectivity index (χ1v) is 7.93. The molecule has 1 amide bonds. The summed E-state index contributed by atoms with van der Waals surface area (Å²) in [7, 11) is 4.98. The third-order valence-corrected chi connectivity index (χ3v) is 3.61. The molecule has 8 heteroatoms. The number of nitro groups is 1. The predicted octanol–water partition coefficient (Wildman–Crippen LogP) is 2.48. The second kappa shape index (κ2) is 8.70. The predicted molar refractivity (Wildman–Crippen MR) is 98.2 cm³/mol. The molecule has 0 aromatic heterocycles. The molecule has 2 rings (SSSR count). The fourth-order valence-corrected chi connectivity index (χ4v) is 2.32. The van der Waals surface area contributed by atoms with Crippen LogP contribution in [0.4, 0.5) is 11.4 Å². The summed E-state index contributed by atoms with van der Waals surface area (Å²) in [6, 6.07) is 11.5. The summed E-state index contributed by atoms with van der Waals surface area (Å²) >= 11 is 0. The van der Waals surface area contributed by atoms with Crippen molar-refractivity contribution in [3.8, 4) is 11.5 Å². The third kappa shape index (κ3) is 4.85. The van der Waals surface area contributed by atoms with E-state index in [0.29, 0.717) is 17.2 Å². The summed E-state index contributed by atoms with van der Waals surface area (Å²) in [6.07, 6.45) is 0. The molecule has 0 fully saturated rings. The number of hydrogen-bond acceptors (Lipinski definition) is 6. The number of anilines is 1. The van der Waals surface area contributed by atoms with Crippen molar-refractivity contribution < 1.29 is 19.2 Å². The van der Waals surface area contributed by atoms with E-state index >= 15 is 0 Å². The number of nitrogens with zero attached hydrogens (tertiary/aromatic N) is 2. The monoisotopic (exact) mass is 359 g/mol. The van der Waals surface area contributed by atoms with Gasteiger partial charge in [-0.1, -0.05) is 6.07 Å². The molecular weight excluding hydrogens is 338 g/mol. The van der Waals surface area contributed by atoms with Gasteiger partial charge in [0.1, 0.15) is 23.8 Å². The molecule has 2 aromatic carbocycles. The van der Waals surface area contributed by atoms with Crippen molar-refractivity contribution in [1.29, 1.82) is 0 Å². The number of amides is 1. The Morgan fingerprint density at radius 3 is 2.58 bits per heavy atom. The van der Waals surface area contributed by atoms with E-state index in [0.717, 1.165) is 0 Å². The molecule has 0 atom stereocenters. The van der Waals surface area contributed by atoms with Gasteiger partial charge in [0.2, 0.25) is 0 Å². The van der Waals surface area contributed by atoms with E-state index in [1.165, 1.54) is 6.07 Å². The molecule has 0 aliphatic rings. The molecule has 0 aliphatic heterocycles. The Morgan fingerprint density at radius 1 is 1.19 bits per heavy atom. The fourth-order valence-electron chi connectivity index (χ4n) is 2.32. The maximum absolute atomic E-state index is 12.2. The van der Waals surface area contributed by atoms with Crippen LogP contribution >= 0.6 is 0 Å². The highest BCUT2D eigenvalue weighted by atomic mass is 16.6. The molecule has 0 aliphatic carbocycles. The lowest BCUT2D eigenvalue weighted by molar-refractivity contribution is -0.384. The average Bonchev–Trinajstić information content (AvgIpc) is 2.64. The molecule has 0 unspecified atom stereocenters. The van der Waals surface area contributed by atoms with Crippen LogP contribution in [0.3, 0.4) is 0 Å². The summed E-state index contributed by atoms with van der Waals surface area (Å²) in [4.78, 5) is 24.5. The van der Waals surface area contributed by atoms with Gasteiger partial charge in [0.15, 0.2) is 0 Å². The minimum Gasteiger partial charge on any atom is -0.497 e.